The second kappa shape index (κ2) is 7.59. The molecule has 0 spiro atoms. The van der Waals surface area contributed by atoms with Gasteiger partial charge in [0.1, 0.15) is 22.3 Å². The standard InChI is InChI=1S/C18H11Cl2N7O3S/c1-27-13(18(29)30-26-27)10-9(5-21)15(23)25-17-11(10)12(22)14(31-17)16(28)24-8-3-6(19)2-7(20)4-8/h2-4H,1H3,(H5-,22,23,24,25,26,28,29). The number of aromatic nitrogens is 3. The van der Waals surface area contributed by atoms with Crippen molar-refractivity contribution in [2.24, 2.45) is 12.0 Å². The summed E-state index contributed by atoms with van der Waals surface area (Å²) in [5.74, 6) is -0.795. The highest BCUT2D eigenvalue weighted by molar-refractivity contribution is 7.21. The molecule has 156 valence electrons. The Morgan fingerprint density at radius 2 is 2.03 bits per heavy atom. The van der Waals surface area contributed by atoms with Gasteiger partial charge in [0, 0.05) is 15.9 Å². The quantitative estimate of drug-likeness (QED) is 0.230. The van der Waals surface area contributed by atoms with E-state index < -0.39 is 11.5 Å². The van der Waals surface area contributed by atoms with Gasteiger partial charge in [-0.25, -0.2) is 9.78 Å². The molecule has 0 unspecified atom stereocenters. The minimum absolute atomic E-state index is 0.00137. The maximum absolute atomic E-state index is 12.9. The van der Waals surface area contributed by atoms with E-state index in [1.807, 2.05) is 6.07 Å². The third-order valence-corrected chi connectivity index (χ3v) is 5.85. The lowest BCUT2D eigenvalue weighted by Crippen LogP contribution is -2.34. The van der Waals surface area contributed by atoms with E-state index >= 15 is 0 Å². The number of pyridine rings is 1. The van der Waals surface area contributed by atoms with Crippen LogP contribution in [0.25, 0.3) is 21.5 Å². The van der Waals surface area contributed by atoms with Gasteiger partial charge in [0.25, 0.3) is 0 Å². The molecule has 0 atom stereocenters. The topological polar surface area (TPSA) is 174 Å². The highest BCUT2D eigenvalue weighted by atomic mass is 35.5. The summed E-state index contributed by atoms with van der Waals surface area (Å²) in [6.45, 7) is 0. The van der Waals surface area contributed by atoms with Crippen LogP contribution in [-0.2, 0) is 7.05 Å². The molecule has 0 saturated carbocycles. The Bertz CT molecular complexity index is 1480. The van der Waals surface area contributed by atoms with Crippen LogP contribution in [0.5, 0.6) is 0 Å². The Labute approximate surface area is 187 Å². The maximum atomic E-state index is 12.9. The van der Waals surface area contributed by atoms with Gasteiger partial charge in [0.15, 0.2) is 7.05 Å². The molecule has 3 aromatic heterocycles. The molecule has 4 aromatic rings. The number of aliphatic imine (C=N–C) groups is 1. The number of nitrogens with two attached hydrogens (primary N) is 2. The van der Waals surface area contributed by atoms with Crippen LogP contribution < -0.4 is 26.9 Å². The smallest absolute Gasteiger partial charge is 0.435 e. The van der Waals surface area contributed by atoms with Gasteiger partial charge in [0.05, 0.1) is 27.2 Å². The van der Waals surface area contributed by atoms with Crippen molar-refractivity contribution in [2.75, 3.05) is 11.5 Å². The van der Waals surface area contributed by atoms with E-state index in [1.54, 1.807) is 0 Å². The predicted octanol–water partition coefficient (Wildman–Crippen LogP) is 1.85. The summed E-state index contributed by atoms with van der Waals surface area (Å²) in [4.78, 5) is 20.8. The minimum Gasteiger partial charge on any atom is -0.858 e. The number of nitriles is 1. The number of rotatable bonds is 3. The van der Waals surface area contributed by atoms with Crippen molar-refractivity contribution in [1.29, 1.82) is 5.26 Å². The lowest BCUT2D eigenvalue weighted by atomic mass is 10.0. The number of halogens is 2. The van der Waals surface area contributed by atoms with E-state index in [0.29, 0.717) is 10.0 Å². The Balaban J connectivity index is 2.02. The molecule has 10 nitrogen and oxygen atoms in total. The number of nitrogens with zero attached hydrogens (tertiary/aromatic N) is 4. The van der Waals surface area contributed by atoms with Crippen LogP contribution in [0.4, 0.5) is 17.2 Å². The molecule has 3 heterocycles. The zero-order valence-corrected chi connectivity index (χ0v) is 17.9. The van der Waals surface area contributed by atoms with Gasteiger partial charge in [-0.3, -0.25) is 9.52 Å². The lowest BCUT2D eigenvalue weighted by Gasteiger charge is -2.10. The van der Waals surface area contributed by atoms with Gasteiger partial charge >= 0.3 is 11.3 Å². The van der Waals surface area contributed by atoms with Crippen LogP contribution >= 0.6 is 34.5 Å². The molecule has 13 heteroatoms. The van der Waals surface area contributed by atoms with E-state index in [1.165, 1.54) is 29.9 Å². The number of anilines is 2. The van der Waals surface area contributed by atoms with Gasteiger partial charge in [-0.15, -0.1) is 11.3 Å². The summed E-state index contributed by atoms with van der Waals surface area (Å²) in [5, 5.41) is 25.7. The third-order valence-electron chi connectivity index (χ3n) is 4.33. The van der Waals surface area contributed by atoms with Crippen molar-refractivity contribution in [3.8, 4) is 17.3 Å². The van der Waals surface area contributed by atoms with Crippen LogP contribution in [0.15, 0.2) is 32.5 Å². The molecular formula is C18H11Cl2N7O3S. The molecule has 0 fully saturated rings. The van der Waals surface area contributed by atoms with Crippen molar-refractivity contribution in [3.05, 3.63) is 49.1 Å². The Morgan fingerprint density at radius 3 is 2.61 bits per heavy atom. The summed E-state index contributed by atoms with van der Waals surface area (Å²) in [7, 11) is 1.51. The van der Waals surface area contributed by atoms with Crippen LogP contribution in [0.2, 0.25) is 10.0 Å². The van der Waals surface area contributed by atoms with Crippen LogP contribution in [0, 0.1) is 11.3 Å². The number of aromatic amines is 1. The first-order valence-corrected chi connectivity index (χ1v) is 10.00. The van der Waals surface area contributed by atoms with Crippen molar-refractivity contribution >= 4 is 67.8 Å². The monoisotopic (exact) mass is 475 g/mol. The molecule has 0 aliphatic carbocycles. The predicted molar refractivity (Wildman–Crippen MR) is 115 cm³/mol. The second-order valence-corrected chi connectivity index (χ2v) is 8.19. The molecule has 0 amide bonds. The van der Waals surface area contributed by atoms with Crippen LogP contribution in [-0.4, -0.2) is 16.2 Å². The van der Waals surface area contributed by atoms with Crippen molar-refractivity contribution in [1.82, 2.24) is 10.3 Å². The number of benzene rings is 1. The van der Waals surface area contributed by atoms with Gasteiger partial charge < -0.3 is 16.6 Å². The Kier molecular flexibility index (Phi) is 5.06. The zero-order chi connectivity index (χ0) is 22.4. The minimum atomic E-state index is -0.748. The molecule has 1 aromatic carbocycles. The van der Waals surface area contributed by atoms with Gasteiger partial charge in [0.2, 0.25) is 0 Å². The molecule has 0 radical (unpaired) electrons. The number of hydrogen-bond donors (Lipinski definition) is 3. The van der Waals surface area contributed by atoms with Crippen LogP contribution in [0.1, 0.15) is 10.4 Å². The van der Waals surface area contributed by atoms with E-state index in [-0.39, 0.29) is 49.1 Å². The SMILES string of the molecule is C[n+]1[nH]oc(=O)c1-c1c(C#N)c(N)nc2sc(C([O-])=Nc3cc(Cl)cc(Cl)c3)c(N)c12. The number of aryl methyl sites for hydroxylation is 1. The number of nitrogen functional groups attached to an aromatic ring is 2. The molecular weight excluding hydrogens is 465 g/mol. The van der Waals surface area contributed by atoms with Crippen LogP contribution in [0.3, 0.4) is 0 Å². The first-order valence-electron chi connectivity index (χ1n) is 8.42. The Hall–Kier alpha value is -3.59. The first kappa shape index (κ1) is 20.7. The van der Waals surface area contributed by atoms with E-state index in [2.05, 4.69) is 15.2 Å². The van der Waals surface area contributed by atoms with E-state index in [4.69, 9.17) is 39.2 Å². The average molecular weight is 476 g/mol. The van der Waals surface area contributed by atoms with Gasteiger partial charge in [-0.1, -0.05) is 27.9 Å². The highest BCUT2D eigenvalue weighted by Gasteiger charge is 2.31. The van der Waals surface area contributed by atoms with Crippen molar-refractivity contribution in [3.63, 3.8) is 0 Å². The van der Waals surface area contributed by atoms with Gasteiger partial charge in [-0.2, -0.15) is 5.26 Å². The molecule has 0 aliphatic rings. The third kappa shape index (κ3) is 3.46. The Morgan fingerprint density at radius 1 is 1.35 bits per heavy atom. The molecule has 5 N–H and O–H groups in total. The largest absolute Gasteiger partial charge is 0.858 e. The van der Waals surface area contributed by atoms with Crippen molar-refractivity contribution in [2.45, 2.75) is 0 Å². The maximum Gasteiger partial charge on any atom is 0.435 e. The fourth-order valence-corrected chi connectivity index (χ4v) is 4.57. The second-order valence-electron chi connectivity index (χ2n) is 6.32. The van der Waals surface area contributed by atoms with E-state index in [0.717, 1.165) is 11.3 Å². The highest BCUT2D eigenvalue weighted by Crippen LogP contribution is 2.41. The summed E-state index contributed by atoms with van der Waals surface area (Å²) < 4.78 is 6.07. The van der Waals surface area contributed by atoms with Crippen molar-refractivity contribution < 1.29 is 14.3 Å². The molecule has 4 rings (SSSR count). The summed E-state index contributed by atoms with van der Waals surface area (Å²) in [5.41, 5.74) is 11.7. The molecule has 0 saturated heterocycles. The fourth-order valence-electron chi connectivity index (χ4n) is 3.06. The average Bonchev–Trinajstić information content (AvgIpc) is 3.19. The zero-order valence-electron chi connectivity index (χ0n) is 15.6. The summed E-state index contributed by atoms with van der Waals surface area (Å²) >= 11 is 12.8. The normalized spacial score (nSPS) is 11.7. The summed E-state index contributed by atoms with van der Waals surface area (Å²) in [6, 6.07) is 6.37. The van der Waals surface area contributed by atoms with E-state index in [9.17, 15) is 15.2 Å². The molecule has 31 heavy (non-hydrogen) atoms. The lowest BCUT2D eigenvalue weighted by molar-refractivity contribution is -0.730. The summed E-state index contributed by atoms with van der Waals surface area (Å²) in [6.07, 6.45) is 0. The number of hydrogen-bond acceptors (Lipinski definition) is 9. The molecule has 0 bridgehead atoms. The number of fused-ring (bicyclic) bond motifs is 1. The first-order chi connectivity index (χ1) is 14.7. The number of H-pyrrole nitrogens is 1. The molecule has 0 aliphatic heterocycles. The fraction of sp³-hybridized carbons (Fsp3) is 0.0556. The number of nitrogens with one attached hydrogen (secondary N) is 1. The van der Waals surface area contributed by atoms with Gasteiger partial charge in [-0.05, 0) is 23.5 Å². The number of thiophene rings is 1.